The van der Waals surface area contributed by atoms with Gasteiger partial charge in [-0.05, 0) is 26.3 Å². The minimum Gasteiger partial charge on any atom is -0.364 e. The number of hydrogen-bond donors (Lipinski definition) is 2. The number of hydrogen-bond acceptors (Lipinski definition) is 2. The molecule has 0 unspecified atom stereocenters. The van der Waals surface area contributed by atoms with E-state index in [0.717, 1.165) is 17.0 Å². The highest BCUT2D eigenvalue weighted by atomic mass is 15.1. The van der Waals surface area contributed by atoms with Crippen LogP contribution in [0.5, 0.6) is 0 Å². The van der Waals surface area contributed by atoms with Crippen molar-refractivity contribution >= 4 is 5.71 Å². The van der Waals surface area contributed by atoms with Crippen molar-refractivity contribution in [3.05, 3.63) is 23.0 Å². The zero-order chi connectivity index (χ0) is 8.43. The molecule has 0 saturated carbocycles. The molecule has 3 heteroatoms. The van der Waals surface area contributed by atoms with Gasteiger partial charge in [-0.3, -0.25) is 0 Å². The number of aromatic nitrogens is 1. The average Bonchev–Trinajstić information content (AvgIpc) is 2.30. The van der Waals surface area contributed by atoms with Crippen LogP contribution in [0.25, 0.3) is 0 Å². The molecular formula is C8H13N3. The van der Waals surface area contributed by atoms with Crippen molar-refractivity contribution in [1.29, 1.82) is 0 Å². The Kier molecular flexibility index (Phi) is 1.98. The first-order valence-electron chi connectivity index (χ1n) is 3.56. The lowest BCUT2D eigenvalue weighted by atomic mass is 10.1. The van der Waals surface area contributed by atoms with Gasteiger partial charge in [0.2, 0.25) is 0 Å². The summed E-state index contributed by atoms with van der Waals surface area (Å²) in [6, 6.07) is 0. The zero-order valence-electron chi connectivity index (χ0n) is 7.10. The topological polar surface area (TPSA) is 54.2 Å². The van der Waals surface area contributed by atoms with E-state index in [-0.39, 0.29) is 0 Å². The molecule has 1 rings (SSSR count). The van der Waals surface area contributed by atoms with Gasteiger partial charge in [0.25, 0.3) is 0 Å². The highest BCUT2D eigenvalue weighted by Gasteiger charge is 2.06. The Balaban J connectivity index is 3.21. The van der Waals surface area contributed by atoms with E-state index in [9.17, 15) is 0 Å². The van der Waals surface area contributed by atoms with Gasteiger partial charge in [-0.15, -0.1) is 0 Å². The summed E-state index contributed by atoms with van der Waals surface area (Å²) in [5, 5.41) is 3.65. The largest absolute Gasteiger partial charge is 0.364 e. The van der Waals surface area contributed by atoms with Crippen LogP contribution >= 0.6 is 0 Å². The van der Waals surface area contributed by atoms with Gasteiger partial charge in [0.15, 0.2) is 0 Å². The van der Waals surface area contributed by atoms with Gasteiger partial charge in [0.1, 0.15) is 0 Å². The third-order valence-corrected chi connectivity index (χ3v) is 1.83. The first kappa shape index (κ1) is 7.85. The molecule has 0 aliphatic carbocycles. The van der Waals surface area contributed by atoms with E-state index in [0.29, 0.717) is 0 Å². The van der Waals surface area contributed by atoms with Crippen molar-refractivity contribution in [3.63, 3.8) is 0 Å². The van der Waals surface area contributed by atoms with Crippen molar-refractivity contribution in [2.45, 2.75) is 20.8 Å². The Morgan fingerprint density at radius 2 is 2.18 bits per heavy atom. The Bertz CT molecular complexity index is 264. The highest BCUT2D eigenvalue weighted by Crippen LogP contribution is 2.12. The molecule has 11 heavy (non-hydrogen) atoms. The number of nitrogens with two attached hydrogens (primary N) is 1. The molecule has 0 radical (unpaired) electrons. The van der Waals surface area contributed by atoms with E-state index in [4.69, 9.17) is 5.84 Å². The zero-order valence-corrected chi connectivity index (χ0v) is 7.10. The van der Waals surface area contributed by atoms with Gasteiger partial charge in [-0.25, -0.2) is 0 Å². The maximum absolute atomic E-state index is 5.18. The van der Waals surface area contributed by atoms with E-state index < -0.39 is 0 Å². The van der Waals surface area contributed by atoms with Crippen LogP contribution in [0.3, 0.4) is 0 Å². The quantitative estimate of drug-likeness (QED) is 0.355. The van der Waals surface area contributed by atoms with Crippen LogP contribution in [0.4, 0.5) is 0 Å². The smallest absolute Gasteiger partial charge is 0.0662 e. The summed E-state index contributed by atoms with van der Waals surface area (Å²) in [5.74, 6) is 5.18. The second kappa shape index (κ2) is 2.78. The van der Waals surface area contributed by atoms with Crippen molar-refractivity contribution in [2.24, 2.45) is 10.9 Å². The van der Waals surface area contributed by atoms with Crippen molar-refractivity contribution < 1.29 is 0 Å². The molecule has 1 heterocycles. The Morgan fingerprint density at radius 1 is 1.55 bits per heavy atom. The van der Waals surface area contributed by atoms with E-state index in [1.807, 2.05) is 27.0 Å². The second-order valence-electron chi connectivity index (χ2n) is 2.69. The number of aromatic amines is 1. The molecule has 1 aromatic rings. The van der Waals surface area contributed by atoms with Crippen LogP contribution in [0, 0.1) is 13.8 Å². The molecule has 0 spiro atoms. The van der Waals surface area contributed by atoms with Crippen LogP contribution in [0.2, 0.25) is 0 Å². The Labute approximate surface area is 66.3 Å². The van der Waals surface area contributed by atoms with Gasteiger partial charge < -0.3 is 10.8 Å². The summed E-state index contributed by atoms with van der Waals surface area (Å²) in [6.07, 6.45) is 1.96. The predicted octanol–water partition coefficient (Wildman–Crippen LogP) is 1.31. The van der Waals surface area contributed by atoms with Crippen LogP contribution in [-0.4, -0.2) is 10.7 Å². The Hall–Kier alpha value is -1.25. The molecule has 0 fully saturated rings. The number of nitrogens with zero attached hydrogens (tertiary/aromatic N) is 1. The predicted molar refractivity (Wildman–Crippen MR) is 46.7 cm³/mol. The van der Waals surface area contributed by atoms with E-state index in [1.54, 1.807) is 0 Å². The summed E-state index contributed by atoms with van der Waals surface area (Å²) >= 11 is 0. The number of H-pyrrole nitrogens is 1. The molecule has 0 aliphatic heterocycles. The third-order valence-electron chi connectivity index (χ3n) is 1.83. The van der Waals surface area contributed by atoms with Gasteiger partial charge in [-0.1, -0.05) is 0 Å². The van der Waals surface area contributed by atoms with Crippen molar-refractivity contribution in [1.82, 2.24) is 4.98 Å². The molecule has 3 N–H and O–H groups in total. The fourth-order valence-corrected chi connectivity index (χ4v) is 1.28. The normalized spacial score (nSPS) is 12.1. The number of aryl methyl sites for hydroxylation is 2. The lowest BCUT2D eigenvalue weighted by molar-refractivity contribution is 1.22. The molecular weight excluding hydrogens is 138 g/mol. The van der Waals surface area contributed by atoms with Gasteiger partial charge in [0, 0.05) is 17.5 Å². The van der Waals surface area contributed by atoms with Crippen molar-refractivity contribution in [2.75, 3.05) is 0 Å². The fraction of sp³-hybridized carbons (Fsp3) is 0.375. The van der Waals surface area contributed by atoms with Crippen LogP contribution in [-0.2, 0) is 0 Å². The minimum absolute atomic E-state index is 0.876. The molecule has 3 nitrogen and oxygen atoms in total. The summed E-state index contributed by atoms with van der Waals surface area (Å²) in [7, 11) is 0. The van der Waals surface area contributed by atoms with Crippen LogP contribution < -0.4 is 5.84 Å². The molecule has 0 aliphatic rings. The van der Waals surface area contributed by atoms with E-state index >= 15 is 0 Å². The summed E-state index contributed by atoms with van der Waals surface area (Å²) < 4.78 is 0. The molecule has 1 aromatic heterocycles. The maximum Gasteiger partial charge on any atom is 0.0662 e. The van der Waals surface area contributed by atoms with Gasteiger partial charge >= 0.3 is 0 Å². The summed E-state index contributed by atoms with van der Waals surface area (Å²) in [6.45, 7) is 5.95. The summed E-state index contributed by atoms with van der Waals surface area (Å²) in [5.41, 5.74) is 4.32. The first-order valence-corrected chi connectivity index (χ1v) is 3.56. The van der Waals surface area contributed by atoms with Crippen LogP contribution in [0.1, 0.15) is 23.7 Å². The molecule has 0 saturated heterocycles. The summed E-state index contributed by atoms with van der Waals surface area (Å²) in [4.78, 5) is 3.12. The number of nitrogens with one attached hydrogen (secondary N) is 1. The molecule has 0 amide bonds. The SMILES string of the molecule is C/C(=N/N)c1c(C)c[nH]c1C. The van der Waals surface area contributed by atoms with Crippen LogP contribution in [0.15, 0.2) is 11.3 Å². The molecule has 0 bridgehead atoms. The van der Waals surface area contributed by atoms with Gasteiger partial charge in [0.05, 0.1) is 5.71 Å². The van der Waals surface area contributed by atoms with Gasteiger partial charge in [-0.2, -0.15) is 5.10 Å². The highest BCUT2D eigenvalue weighted by molar-refractivity contribution is 6.00. The van der Waals surface area contributed by atoms with Crippen molar-refractivity contribution in [3.8, 4) is 0 Å². The average molecular weight is 151 g/mol. The monoisotopic (exact) mass is 151 g/mol. The lowest BCUT2D eigenvalue weighted by Crippen LogP contribution is -2.00. The number of rotatable bonds is 1. The first-order chi connectivity index (χ1) is 5.16. The maximum atomic E-state index is 5.18. The Morgan fingerprint density at radius 3 is 2.55 bits per heavy atom. The molecule has 0 atom stereocenters. The third kappa shape index (κ3) is 1.27. The van der Waals surface area contributed by atoms with E-state index in [1.165, 1.54) is 5.56 Å². The standard InChI is InChI=1S/C8H13N3/c1-5-4-10-6(2)8(5)7(3)11-9/h4,10H,9H2,1-3H3/b11-7-. The molecule has 60 valence electrons. The lowest BCUT2D eigenvalue weighted by Gasteiger charge is -1.98. The number of hydrazone groups is 1. The fourth-order valence-electron chi connectivity index (χ4n) is 1.28. The van der Waals surface area contributed by atoms with E-state index in [2.05, 4.69) is 10.1 Å². The molecule has 0 aromatic carbocycles. The second-order valence-corrected chi connectivity index (χ2v) is 2.69. The minimum atomic E-state index is 0.876.